The van der Waals surface area contributed by atoms with Gasteiger partial charge in [0.1, 0.15) is 11.9 Å². The summed E-state index contributed by atoms with van der Waals surface area (Å²) in [6.45, 7) is 4.18. The maximum Gasteiger partial charge on any atom is 0.220 e. The molecule has 130 valence electrons. The van der Waals surface area contributed by atoms with Gasteiger partial charge in [0.15, 0.2) is 0 Å². The number of ether oxygens (including phenoxy) is 1. The third kappa shape index (κ3) is 3.89. The predicted octanol–water partition coefficient (Wildman–Crippen LogP) is 3.87. The molecular formula is C19H27N3O2. The molecule has 0 unspecified atom stereocenters. The van der Waals surface area contributed by atoms with E-state index in [9.17, 15) is 4.79 Å². The van der Waals surface area contributed by atoms with Crippen LogP contribution in [0.5, 0.6) is 5.75 Å². The summed E-state index contributed by atoms with van der Waals surface area (Å²) in [4.78, 5) is 11.9. The van der Waals surface area contributed by atoms with E-state index in [1.54, 1.807) is 0 Å². The zero-order valence-electron chi connectivity index (χ0n) is 14.6. The van der Waals surface area contributed by atoms with Crippen molar-refractivity contribution >= 4 is 16.8 Å². The fraction of sp³-hybridized carbons (Fsp3) is 0.579. The number of H-pyrrole nitrogens is 1. The molecule has 0 radical (unpaired) electrons. The maximum atomic E-state index is 11.9. The number of benzene rings is 1. The van der Waals surface area contributed by atoms with Crippen LogP contribution < -0.4 is 10.1 Å². The average Bonchev–Trinajstić information content (AvgIpc) is 3.05. The lowest BCUT2D eigenvalue weighted by atomic mass is 9.92. The van der Waals surface area contributed by atoms with Crippen LogP contribution in [0.2, 0.25) is 0 Å². The summed E-state index contributed by atoms with van der Waals surface area (Å²) in [7, 11) is 0. The van der Waals surface area contributed by atoms with Gasteiger partial charge in [0.05, 0.1) is 11.7 Å². The number of amides is 1. The van der Waals surface area contributed by atoms with E-state index < -0.39 is 0 Å². The highest BCUT2D eigenvalue weighted by Crippen LogP contribution is 2.30. The minimum absolute atomic E-state index is 0.165. The van der Waals surface area contributed by atoms with Crippen molar-refractivity contribution in [2.75, 3.05) is 0 Å². The largest absolute Gasteiger partial charge is 0.490 e. The topological polar surface area (TPSA) is 67.0 Å². The summed E-state index contributed by atoms with van der Waals surface area (Å²) in [5, 5.41) is 11.4. The molecule has 1 aliphatic carbocycles. The molecule has 1 fully saturated rings. The normalized spacial score (nSPS) is 20.9. The second-order valence-electron chi connectivity index (χ2n) is 6.79. The monoisotopic (exact) mass is 329 g/mol. The number of aryl methyl sites for hydroxylation is 1. The Balaban J connectivity index is 1.60. The van der Waals surface area contributed by atoms with Gasteiger partial charge in [0.25, 0.3) is 0 Å². The molecule has 24 heavy (non-hydrogen) atoms. The van der Waals surface area contributed by atoms with Crippen molar-refractivity contribution in [3.05, 3.63) is 23.9 Å². The Labute approximate surface area is 143 Å². The Morgan fingerprint density at radius 1 is 1.42 bits per heavy atom. The van der Waals surface area contributed by atoms with Crippen molar-refractivity contribution in [3.63, 3.8) is 0 Å². The quantitative estimate of drug-likeness (QED) is 0.845. The lowest BCUT2D eigenvalue weighted by Crippen LogP contribution is -2.41. The highest BCUT2D eigenvalue weighted by atomic mass is 16.5. The van der Waals surface area contributed by atoms with Gasteiger partial charge in [-0.1, -0.05) is 13.3 Å². The van der Waals surface area contributed by atoms with Crippen LogP contribution in [-0.4, -0.2) is 28.3 Å². The van der Waals surface area contributed by atoms with E-state index >= 15 is 0 Å². The zero-order valence-corrected chi connectivity index (χ0v) is 14.6. The van der Waals surface area contributed by atoms with E-state index in [1.165, 1.54) is 0 Å². The number of aromatic nitrogens is 2. The van der Waals surface area contributed by atoms with Gasteiger partial charge in [-0.2, -0.15) is 5.10 Å². The van der Waals surface area contributed by atoms with Crippen LogP contribution in [0.1, 0.15) is 57.4 Å². The third-order valence-corrected chi connectivity index (χ3v) is 4.89. The molecule has 1 aromatic heterocycles. The summed E-state index contributed by atoms with van der Waals surface area (Å²) < 4.78 is 6.26. The smallest absolute Gasteiger partial charge is 0.220 e. The van der Waals surface area contributed by atoms with Crippen molar-refractivity contribution in [1.29, 1.82) is 0 Å². The van der Waals surface area contributed by atoms with Gasteiger partial charge in [0.2, 0.25) is 5.91 Å². The maximum absolute atomic E-state index is 11.9. The number of nitrogens with zero attached hydrogens (tertiary/aromatic N) is 1. The zero-order chi connectivity index (χ0) is 16.9. The summed E-state index contributed by atoms with van der Waals surface area (Å²) in [6, 6.07) is 4.27. The highest BCUT2D eigenvalue weighted by Gasteiger charge is 2.25. The fourth-order valence-corrected chi connectivity index (χ4v) is 3.47. The minimum Gasteiger partial charge on any atom is -0.490 e. The van der Waals surface area contributed by atoms with Gasteiger partial charge in [-0.15, -0.1) is 0 Å². The molecule has 5 nitrogen and oxygen atoms in total. The molecule has 3 rings (SSSR count). The lowest BCUT2D eigenvalue weighted by molar-refractivity contribution is -0.122. The standard InChI is InChI=1S/C19H27N3O2/c1-3-4-8-19(23)21-14-6-5-7-15(11-14)24-18-10-9-17-16(13(18)2)12-20-22-17/h9-10,12,14-15H,3-8,11H2,1-2H3,(H,20,22)(H,21,23)/t14-,15+/m0/s1. The molecule has 5 heteroatoms. The van der Waals surface area contributed by atoms with Crippen LogP contribution in [-0.2, 0) is 4.79 Å². The van der Waals surface area contributed by atoms with E-state index in [4.69, 9.17) is 4.74 Å². The van der Waals surface area contributed by atoms with Gasteiger partial charge < -0.3 is 10.1 Å². The van der Waals surface area contributed by atoms with Crippen molar-refractivity contribution < 1.29 is 9.53 Å². The van der Waals surface area contributed by atoms with Crippen molar-refractivity contribution in [3.8, 4) is 5.75 Å². The lowest BCUT2D eigenvalue weighted by Gasteiger charge is -2.30. The molecule has 1 heterocycles. The number of carbonyl (C=O) groups is 1. The first kappa shape index (κ1) is 16.8. The molecule has 1 saturated carbocycles. The Kier molecular flexibility index (Phi) is 5.38. The average molecular weight is 329 g/mol. The van der Waals surface area contributed by atoms with Crippen LogP contribution >= 0.6 is 0 Å². The van der Waals surface area contributed by atoms with Crippen LogP contribution in [0.25, 0.3) is 10.9 Å². The number of hydrogen-bond donors (Lipinski definition) is 2. The summed E-state index contributed by atoms with van der Waals surface area (Å²) in [5.41, 5.74) is 2.15. The van der Waals surface area contributed by atoms with Gasteiger partial charge in [-0.25, -0.2) is 0 Å². The number of carbonyl (C=O) groups excluding carboxylic acids is 1. The molecule has 0 bridgehead atoms. The Morgan fingerprint density at radius 3 is 3.12 bits per heavy atom. The van der Waals surface area contributed by atoms with Gasteiger partial charge in [0, 0.05) is 29.8 Å². The first-order valence-corrected chi connectivity index (χ1v) is 9.06. The first-order chi connectivity index (χ1) is 11.7. The Bertz CT molecular complexity index is 695. The predicted molar refractivity (Wildman–Crippen MR) is 95.2 cm³/mol. The third-order valence-electron chi connectivity index (χ3n) is 4.89. The van der Waals surface area contributed by atoms with Crippen LogP contribution in [0, 0.1) is 6.92 Å². The SMILES string of the molecule is CCCCC(=O)N[C@H]1CCC[C@@H](Oc2ccc3[nH]ncc3c2C)C1. The van der Waals surface area contributed by atoms with E-state index in [2.05, 4.69) is 29.4 Å². The number of unbranched alkanes of at least 4 members (excludes halogenated alkanes) is 1. The van der Waals surface area contributed by atoms with E-state index in [0.717, 1.165) is 60.7 Å². The van der Waals surface area contributed by atoms with Crippen LogP contribution in [0.3, 0.4) is 0 Å². The molecule has 1 aliphatic rings. The summed E-state index contributed by atoms with van der Waals surface area (Å²) in [5.74, 6) is 1.10. The van der Waals surface area contributed by atoms with Gasteiger partial charge in [-0.05, 0) is 44.7 Å². The van der Waals surface area contributed by atoms with Crippen LogP contribution in [0.15, 0.2) is 18.3 Å². The van der Waals surface area contributed by atoms with Gasteiger partial charge >= 0.3 is 0 Å². The van der Waals surface area contributed by atoms with Crippen LogP contribution in [0.4, 0.5) is 0 Å². The van der Waals surface area contributed by atoms with E-state index in [-0.39, 0.29) is 18.1 Å². The Hall–Kier alpha value is -2.04. The fourth-order valence-electron chi connectivity index (χ4n) is 3.47. The summed E-state index contributed by atoms with van der Waals surface area (Å²) >= 11 is 0. The molecular weight excluding hydrogens is 302 g/mol. The van der Waals surface area contributed by atoms with Crippen molar-refractivity contribution in [2.45, 2.75) is 70.9 Å². The summed E-state index contributed by atoms with van der Waals surface area (Å²) in [6.07, 6.45) is 8.74. The number of nitrogens with one attached hydrogen (secondary N) is 2. The molecule has 0 saturated heterocycles. The van der Waals surface area contributed by atoms with Crippen molar-refractivity contribution in [1.82, 2.24) is 15.5 Å². The number of rotatable bonds is 6. The molecule has 1 aromatic carbocycles. The molecule has 2 atom stereocenters. The molecule has 0 spiro atoms. The second-order valence-corrected chi connectivity index (χ2v) is 6.79. The Morgan fingerprint density at radius 2 is 2.29 bits per heavy atom. The number of aromatic amines is 1. The second kappa shape index (κ2) is 7.69. The number of hydrogen-bond acceptors (Lipinski definition) is 3. The first-order valence-electron chi connectivity index (χ1n) is 9.06. The van der Waals surface area contributed by atoms with Gasteiger partial charge in [-0.3, -0.25) is 9.89 Å². The molecule has 1 amide bonds. The van der Waals surface area contributed by atoms with Crippen molar-refractivity contribution in [2.24, 2.45) is 0 Å². The molecule has 2 aromatic rings. The molecule has 0 aliphatic heterocycles. The van der Waals surface area contributed by atoms with E-state index in [1.807, 2.05) is 18.3 Å². The molecule has 2 N–H and O–H groups in total. The minimum atomic E-state index is 0.165. The number of fused-ring (bicyclic) bond motifs is 1. The van der Waals surface area contributed by atoms with E-state index in [0.29, 0.717) is 6.42 Å². The highest BCUT2D eigenvalue weighted by molar-refractivity contribution is 5.83.